The first-order valence-corrected chi connectivity index (χ1v) is 8.67. The normalized spacial score (nSPS) is 10.7. The summed E-state index contributed by atoms with van der Waals surface area (Å²) < 4.78 is 12.0. The maximum atomic E-state index is 12.2. The third-order valence-corrected chi connectivity index (χ3v) is 4.08. The van der Waals surface area contributed by atoms with Crippen LogP contribution in [0.4, 0.5) is 5.69 Å². The quantitative estimate of drug-likeness (QED) is 0.601. The number of benzene rings is 2. The molecule has 0 bridgehead atoms. The van der Waals surface area contributed by atoms with Gasteiger partial charge in [-0.3, -0.25) is 9.59 Å². The number of amides is 2. The molecule has 0 saturated heterocycles. The second kappa shape index (κ2) is 8.75. The summed E-state index contributed by atoms with van der Waals surface area (Å²) in [5, 5.41) is 6.86. The zero-order valence-electron chi connectivity index (χ0n) is 16.0. The molecule has 29 heavy (non-hydrogen) atoms. The Balaban J connectivity index is 1.64. The molecule has 3 N–H and O–H groups in total. The molecule has 148 valence electrons. The van der Waals surface area contributed by atoms with Crippen LogP contribution in [0, 0.1) is 0 Å². The average Bonchev–Trinajstić information content (AvgIpc) is 3.23. The van der Waals surface area contributed by atoms with Gasteiger partial charge >= 0.3 is 0 Å². The maximum Gasteiger partial charge on any atom is 0.269 e. The van der Waals surface area contributed by atoms with E-state index in [1.54, 1.807) is 62.9 Å². The molecule has 0 aliphatic rings. The lowest BCUT2D eigenvalue weighted by atomic mass is 10.2. The fourth-order valence-electron chi connectivity index (χ4n) is 2.61. The number of ether oxygens (including phenoxy) is 2. The molecule has 0 spiro atoms. The van der Waals surface area contributed by atoms with Crippen molar-refractivity contribution in [2.75, 3.05) is 19.5 Å². The Morgan fingerprint density at radius 2 is 1.76 bits per heavy atom. The van der Waals surface area contributed by atoms with Gasteiger partial charge in [0.15, 0.2) is 11.5 Å². The van der Waals surface area contributed by atoms with Gasteiger partial charge in [0.05, 0.1) is 19.9 Å². The van der Waals surface area contributed by atoms with Crippen molar-refractivity contribution >= 4 is 23.6 Å². The van der Waals surface area contributed by atoms with Gasteiger partial charge in [-0.25, -0.2) is 4.68 Å². The highest BCUT2D eigenvalue weighted by molar-refractivity contribution is 6.02. The van der Waals surface area contributed by atoms with Crippen molar-refractivity contribution in [3.05, 3.63) is 72.1 Å². The summed E-state index contributed by atoms with van der Waals surface area (Å²) in [6, 6.07) is 13.9. The minimum atomic E-state index is -0.589. The number of anilines is 1. The van der Waals surface area contributed by atoms with Crippen LogP contribution in [0.25, 0.3) is 11.8 Å². The molecule has 3 rings (SSSR count). The molecule has 0 unspecified atom stereocenters. The summed E-state index contributed by atoms with van der Waals surface area (Å²) >= 11 is 0. The predicted molar refractivity (Wildman–Crippen MR) is 109 cm³/mol. The Kier molecular flexibility index (Phi) is 5.94. The molecule has 0 saturated carbocycles. The van der Waals surface area contributed by atoms with Gasteiger partial charge in [-0.05, 0) is 54.1 Å². The number of nitrogens with two attached hydrogens (primary N) is 1. The number of carbonyl (C=O) groups is 2. The summed E-state index contributed by atoms with van der Waals surface area (Å²) in [4.78, 5) is 23.3. The molecule has 0 fully saturated rings. The van der Waals surface area contributed by atoms with Crippen molar-refractivity contribution in [3.8, 4) is 17.2 Å². The fraction of sp³-hybridized carbons (Fsp3) is 0.0952. The van der Waals surface area contributed by atoms with Gasteiger partial charge in [-0.15, -0.1) is 0 Å². The van der Waals surface area contributed by atoms with Crippen molar-refractivity contribution in [1.29, 1.82) is 0 Å². The van der Waals surface area contributed by atoms with Crippen molar-refractivity contribution in [2.45, 2.75) is 0 Å². The Morgan fingerprint density at radius 1 is 1.03 bits per heavy atom. The number of primary amides is 1. The molecule has 0 radical (unpaired) electrons. The maximum absolute atomic E-state index is 12.2. The molecule has 3 aromatic rings. The average molecular weight is 392 g/mol. The third kappa shape index (κ3) is 4.81. The monoisotopic (exact) mass is 392 g/mol. The summed E-state index contributed by atoms with van der Waals surface area (Å²) in [5.74, 6) is 0.342. The van der Waals surface area contributed by atoms with Crippen LogP contribution in [0.5, 0.6) is 11.5 Å². The lowest BCUT2D eigenvalue weighted by molar-refractivity contribution is -0.111. The summed E-state index contributed by atoms with van der Waals surface area (Å²) in [7, 11) is 3.12. The number of methoxy groups -OCH3 is 2. The fourth-order valence-corrected chi connectivity index (χ4v) is 2.61. The number of nitrogens with one attached hydrogen (secondary N) is 1. The van der Waals surface area contributed by atoms with Crippen LogP contribution < -0.4 is 20.5 Å². The Morgan fingerprint density at radius 3 is 2.38 bits per heavy atom. The van der Waals surface area contributed by atoms with Crippen molar-refractivity contribution in [3.63, 3.8) is 0 Å². The minimum absolute atomic E-state index is 0.183. The van der Waals surface area contributed by atoms with E-state index in [1.807, 2.05) is 6.07 Å². The number of hydrogen-bond donors (Lipinski definition) is 2. The molecule has 0 atom stereocenters. The molecule has 2 amide bonds. The van der Waals surface area contributed by atoms with Gasteiger partial charge in [0.2, 0.25) is 5.91 Å². The van der Waals surface area contributed by atoms with Crippen LogP contribution in [0.2, 0.25) is 0 Å². The highest BCUT2D eigenvalue weighted by Crippen LogP contribution is 2.28. The summed E-state index contributed by atoms with van der Waals surface area (Å²) in [6.07, 6.45) is 4.75. The number of hydrogen-bond acceptors (Lipinski definition) is 5. The van der Waals surface area contributed by atoms with E-state index in [1.165, 1.54) is 16.8 Å². The lowest BCUT2D eigenvalue weighted by Crippen LogP contribution is -2.12. The molecule has 1 heterocycles. The first-order valence-electron chi connectivity index (χ1n) is 8.67. The van der Waals surface area contributed by atoms with Gasteiger partial charge in [0.25, 0.3) is 5.91 Å². The highest BCUT2D eigenvalue weighted by Gasteiger charge is 2.07. The zero-order valence-corrected chi connectivity index (χ0v) is 16.0. The van der Waals surface area contributed by atoms with Crippen molar-refractivity contribution < 1.29 is 19.1 Å². The predicted octanol–water partition coefficient (Wildman–Crippen LogP) is 2.64. The molecule has 2 aromatic carbocycles. The number of carbonyl (C=O) groups excluding carboxylic acids is 2. The minimum Gasteiger partial charge on any atom is -0.493 e. The second-order valence-corrected chi connectivity index (χ2v) is 5.99. The Bertz CT molecular complexity index is 1050. The van der Waals surface area contributed by atoms with E-state index in [4.69, 9.17) is 15.2 Å². The molecule has 8 nitrogen and oxygen atoms in total. The number of nitrogens with zero attached hydrogens (tertiary/aromatic N) is 2. The Labute approximate surface area is 167 Å². The SMILES string of the molecule is COc1ccc(/C=C/C(=O)Nc2ccc(-n3ccc(C(N)=O)n3)cc2)cc1OC. The van der Waals surface area contributed by atoms with Crippen LogP contribution in [0.3, 0.4) is 0 Å². The van der Waals surface area contributed by atoms with E-state index >= 15 is 0 Å². The number of rotatable bonds is 7. The largest absolute Gasteiger partial charge is 0.493 e. The van der Waals surface area contributed by atoms with Crippen LogP contribution in [-0.2, 0) is 4.79 Å². The molecule has 0 aliphatic heterocycles. The van der Waals surface area contributed by atoms with E-state index in [0.29, 0.717) is 17.2 Å². The molecule has 0 aliphatic carbocycles. The molecular formula is C21H20N4O4. The van der Waals surface area contributed by atoms with E-state index in [-0.39, 0.29) is 11.6 Å². The summed E-state index contributed by atoms with van der Waals surface area (Å²) in [6.45, 7) is 0. The highest BCUT2D eigenvalue weighted by atomic mass is 16.5. The smallest absolute Gasteiger partial charge is 0.269 e. The van der Waals surface area contributed by atoms with Gasteiger partial charge in [0, 0.05) is 18.0 Å². The van der Waals surface area contributed by atoms with Crippen LogP contribution in [0.15, 0.2) is 60.8 Å². The second-order valence-electron chi connectivity index (χ2n) is 5.99. The standard InChI is InChI=1S/C21H20N4O4/c1-28-18-9-3-14(13-19(18)29-2)4-10-20(26)23-15-5-7-16(8-6-15)25-12-11-17(24-25)21(22)27/h3-13H,1-2H3,(H2,22,27)(H,23,26)/b10-4+. The van der Waals surface area contributed by atoms with Crippen LogP contribution in [0.1, 0.15) is 16.1 Å². The first-order chi connectivity index (χ1) is 14.0. The zero-order chi connectivity index (χ0) is 20.8. The topological polar surface area (TPSA) is 108 Å². The van der Waals surface area contributed by atoms with Crippen molar-refractivity contribution in [1.82, 2.24) is 9.78 Å². The van der Waals surface area contributed by atoms with E-state index in [2.05, 4.69) is 10.4 Å². The Hall–Kier alpha value is -4.07. The van der Waals surface area contributed by atoms with Gasteiger partial charge in [0.1, 0.15) is 5.69 Å². The molecular weight excluding hydrogens is 372 g/mol. The first kappa shape index (κ1) is 19.7. The van der Waals surface area contributed by atoms with E-state index in [0.717, 1.165) is 11.3 Å². The van der Waals surface area contributed by atoms with E-state index < -0.39 is 5.91 Å². The van der Waals surface area contributed by atoms with Gasteiger partial charge in [-0.1, -0.05) is 6.07 Å². The van der Waals surface area contributed by atoms with Gasteiger partial charge < -0.3 is 20.5 Å². The number of aromatic nitrogens is 2. The lowest BCUT2D eigenvalue weighted by Gasteiger charge is -2.07. The summed E-state index contributed by atoms with van der Waals surface area (Å²) in [5.41, 5.74) is 7.55. The molecule has 8 heteroatoms. The van der Waals surface area contributed by atoms with E-state index in [9.17, 15) is 9.59 Å². The third-order valence-electron chi connectivity index (χ3n) is 4.08. The van der Waals surface area contributed by atoms with Crippen LogP contribution in [-0.4, -0.2) is 35.8 Å². The molecule has 1 aromatic heterocycles. The van der Waals surface area contributed by atoms with Gasteiger partial charge in [-0.2, -0.15) is 5.10 Å². The van der Waals surface area contributed by atoms with Crippen LogP contribution >= 0.6 is 0 Å². The van der Waals surface area contributed by atoms with Crippen molar-refractivity contribution in [2.24, 2.45) is 5.73 Å².